The van der Waals surface area contributed by atoms with Crippen LogP contribution in [0.25, 0.3) is 11.3 Å². The molecule has 3 rings (SSSR count). The van der Waals surface area contributed by atoms with E-state index in [9.17, 15) is 4.79 Å². The smallest absolute Gasteiger partial charge is 0.272 e. The van der Waals surface area contributed by atoms with E-state index >= 15 is 0 Å². The van der Waals surface area contributed by atoms with Crippen molar-refractivity contribution in [2.75, 3.05) is 0 Å². The SMILES string of the molecule is O=C(N/N=C/c1ccccn1)c1cc(-c2ccccc2)n[nH]1. The van der Waals surface area contributed by atoms with Gasteiger partial charge < -0.3 is 0 Å². The number of amides is 1. The predicted octanol–water partition coefficient (Wildman–Crippen LogP) is 2.24. The Morgan fingerprint density at radius 2 is 1.95 bits per heavy atom. The maximum atomic E-state index is 12.0. The number of pyridine rings is 1. The van der Waals surface area contributed by atoms with Crippen LogP contribution in [-0.2, 0) is 0 Å². The number of rotatable bonds is 4. The summed E-state index contributed by atoms with van der Waals surface area (Å²) in [5.41, 5.74) is 5.09. The molecule has 0 radical (unpaired) electrons. The molecule has 108 valence electrons. The zero-order valence-electron chi connectivity index (χ0n) is 11.6. The average Bonchev–Trinajstić information content (AvgIpc) is 3.07. The monoisotopic (exact) mass is 291 g/mol. The van der Waals surface area contributed by atoms with Crippen LogP contribution in [0.1, 0.15) is 16.2 Å². The molecule has 22 heavy (non-hydrogen) atoms. The van der Waals surface area contributed by atoms with Crippen LogP contribution in [0.4, 0.5) is 0 Å². The molecule has 2 heterocycles. The summed E-state index contributed by atoms with van der Waals surface area (Å²) >= 11 is 0. The topological polar surface area (TPSA) is 83.0 Å². The summed E-state index contributed by atoms with van der Waals surface area (Å²) in [6.45, 7) is 0. The molecular weight excluding hydrogens is 278 g/mol. The Kier molecular flexibility index (Phi) is 4.01. The van der Waals surface area contributed by atoms with Crippen molar-refractivity contribution in [2.24, 2.45) is 5.10 Å². The van der Waals surface area contributed by atoms with E-state index in [1.54, 1.807) is 18.3 Å². The standard InChI is InChI=1S/C16H13N5O/c22-16(21-18-11-13-8-4-5-9-17-13)15-10-14(19-20-15)12-6-2-1-3-7-12/h1-11H,(H,19,20)(H,21,22)/b18-11+. The van der Waals surface area contributed by atoms with Gasteiger partial charge in [-0.25, -0.2) is 5.43 Å². The second kappa shape index (κ2) is 6.45. The van der Waals surface area contributed by atoms with Crippen molar-refractivity contribution in [1.82, 2.24) is 20.6 Å². The Bertz CT molecular complexity index is 781. The van der Waals surface area contributed by atoms with Gasteiger partial charge in [-0.2, -0.15) is 10.2 Å². The van der Waals surface area contributed by atoms with Gasteiger partial charge in [0.25, 0.3) is 5.91 Å². The van der Waals surface area contributed by atoms with Gasteiger partial charge in [-0.3, -0.25) is 14.9 Å². The van der Waals surface area contributed by atoms with Crippen molar-refractivity contribution < 1.29 is 4.79 Å². The summed E-state index contributed by atoms with van der Waals surface area (Å²) in [6.07, 6.45) is 3.14. The minimum Gasteiger partial charge on any atom is -0.272 e. The van der Waals surface area contributed by atoms with Gasteiger partial charge in [0.05, 0.1) is 17.6 Å². The number of hydrogen-bond donors (Lipinski definition) is 2. The highest BCUT2D eigenvalue weighted by Gasteiger charge is 2.09. The number of aromatic nitrogens is 3. The molecule has 6 heteroatoms. The molecule has 0 bridgehead atoms. The lowest BCUT2D eigenvalue weighted by atomic mass is 10.1. The molecular formula is C16H13N5O. The third kappa shape index (κ3) is 3.24. The normalized spacial score (nSPS) is 10.7. The molecule has 0 saturated carbocycles. The fraction of sp³-hybridized carbons (Fsp3) is 0. The summed E-state index contributed by atoms with van der Waals surface area (Å²) in [5.74, 6) is -0.359. The number of H-pyrrole nitrogens is 1. The van der Waals surface area contributed by atoms with Crippen LogP contribution in [0.3, 0.4) is 0 Å². The maximum absolute atomic E-state index is 12.0. The van der Waals surface area contributed by atoms with Crippen molar-refractivity contribution >= 4 is 12.1 Å². The van der Waals surface area contributed by atoms with Crippen molar-refractivity contribution in [1.29, 1.82) is 0 Å². The van der Waals surface area contributed by atoms with E-state index in [4.69, 9.17) is 0 Å². The molecule has 2 aromatic heterocycles. The highest BCUT2D eigenvalue weighted by Crippen LogP contribution is 2.16. The first-order valence-electron chi connectivity index (χ1n) is 6.68. The zero-order chi connectivity index (χ0) is 15.2. The fourth-order valence-corrected chi connectivity index (χ4v) is 1.86. The molecule has 2 N–H and O–H groups in total. The van der Waals surface area contributed by atoms with Crippen LogP contribution >= 0.6 is 0 Å². The molecule has 0 fully saturated rings. The highest BCUT2D eigenvalue weighted by atomic mass is 16.2. The summed E-state index contributed by atoms with van der Waals surface area (Å²) in [4.78, 5) is 16.0. The van der Waals surface area contributed by atoms with Gasteiger partial charge in [-0.15, -0.1) is 0 Å². The van der Waals surface area contributed by atoms with E-state index in [2.05, 4.69) is 25.7 Å². The molecule has 0 atom stereocenters. The van der Waals surface area contributed by atoms with Gasteiger partial charge in [0.2, 0.25) is 0 Å². The van der Waals surface area contributed by atoms with Crippen molar-refractivity contribution in [2.45, 2.75) is 0 Å². The quantitative estimate of drug-likeness (QED) is 0.571. The summed E-state index contributed by atoms with van der Waals surface area (Å²) in [6, 6.07) is 16.7. The third-order valence-corrected chi connectivity index (χ3v) is 2.94. The fourth-order valence-electron chi connectivity index (χ4n) is 1.86. The van der Waals surface area contributed by atoms with Crippen LogP contribution in [0.15, 0.2) is 65.9 Å². The molecule has 6 nitrogen and oxygen atoms in total. The molecule has 1 aromatic carbocycles. The first kappa shape index (κ1) is 13.7. The number of carbonyl (C=O) groups excluding carboxylic acids is 1. The van der Waals surface area contributed by atoms with E-state index in [1.165, 1.54) is 6.21 Å². The van der Waals surface area contributed by atoms with E-state index in [-0.39, 0.29) is 5.91 Å². The van der Waals surface area contributed by atoms with Crippen LogP contribution in [0.5, 0.6) is 0 Å². The lowest BCUT2D eigenvalue weighted by Gasteiger charge is -1.95. The number of aromatic amines is 1. The Labute approximate surface area is 126 Å². The molecule has 0 aliphatic heterocycles. The molecule has 0 aliphatic carbocycles. The van der Waals surface area contributed by atoms with E-state index in [1.807, 2.05) is 42.5 Å². The number of benzene rings is 1. The lowest BCUT2D eigenvalue weighted by Crippen LogP contribution is -2.18. The Balaban J connectivity index is 1.66. The van der Waals surface area contributed by atoms with Crippen LogP contribution in [0.2, 0.25) is 0 Å². The minimum absolute atomic E-state index is 0.344. The third-order valence-electron chi connectivity index (χ3n) is 2.94. The molecule has 0 aliphatic rings. The highest BCUT2D eigenvalue weighted by molar-refractivity contribution is 5.93. The number of carbonyl (C=O) groups is 1. The predicted molar refractivity (Wildman–Crippen MR) is 83.3 cm³/mol. The first-order valence-corrected chi connectivity index (χ1v) is 6.68. The van der Waals surface area contributed by atoms with E-state index < -0.39 is 0 Å². The number of hydrazone groups is 1. The second-order valence-electron chi connectivity index (χ2n) is 4.49. The maximum Gasteiger partial charge on any atom is 0.289 e. The molecule has 0 saturated heterocycles. The van der Waals surface area contributed by atoms with Gasteiger partial charge in [0.1, 0.15) is 5.69 Å². The van der Waals surface area contributed by atoms with Crippen molar-refractivity contribution in [3.8, 4) is 11.3 Å². The van der Waals surface area contributed by atoms with Crippen molar-refractivity contribution in [3.63, 3.8) is 0 Å². The first-order chi connectivity index (χ1) is 10.8. The molecule has 3 aromatic rings. The Hall–Kier alpha value is -3.28. The Morgan fingerprint density at radius 1 is 1.14 bits per heavy atom. The summed E-state index contributed by atoms with van der Waals surface area (Å²) in [5, 5.41) is 10.7. The largest absolute Gasteiger partial charge is 0.289 e. The molecule has 0 unspecified atom stereocenters. The van der Waals surface area contributed by atoms with Gasteiger partial charge in [-0.1, -0.05) is 36.4 Å². The van der Waals surface area contributed by atoms with Gasteiger partial charge in [-0.05, 0) is 18.2 Å². The number of nitrogens with zero attached hydrogens (tertiary/aromatic N) is 3. The summed E-state index contributed by atoms with van der Waals surface area (Å²) < 4.78 is 0. The second-order valence-corrected chi connectivity index (χ2v) is 4.49. The zero-order valence-corrected chi connectivity index (χ0v) is 11.6. The van der Waals surface area contributed by atoms with Gasteiger partial charge >= 0.3 is 0 Å². The average molecular weight is 291 g/mol. The van der Waals surface area contributed by atoms with E-state index in [0.29, 0.717) is 17.1 Å². The summed E-state index contributed by atoms with van der Waals surface area (Å²) in [7, 11) is 0. The van der Waals surface area contributed by atoms with Gasteiger partial charge in [0, 0.05) is 11.8 Å². The van der Waals surface area contributed by atoms with Crippen molar-refractivity contribution in [3.05, 3.63) is 72.2 Å². The van der Waals surface area contributed by atoms with Crippen LogP contribution in [0, 0.1) is 0 Å². The Morgan fingerprint density at radius 3 is 2.73 bits per heavy atom. The number of nitrogens with one attached hydrogen (secondary N) is 2. The lowest BCUT2D eigenvalue weighted by molar-refractivity contribution is 0.0950. The molecule has 0 spiro atoms. The minimum atomic E-state index is -0.359. The van der Waals surface area contributed by atoms with Gasteiger partial charge in [0.15, 0.2) is 0 Å². The van der Waals surface area contributed by atoms with E-state index in [0.717, 1.165) is 5.56 Å². The van der Waals surface area contributed by atoms with Crippen LogP contribution in [-0.4, -0.2) is 27.3 Å². The number of hydrogen-bond acceptors (Lipinski definition) is 4. The van der Waals surface area contributed by atoms with Crippen LogP contribution < -0.4 is 5.43 Å². The molecule has 1 amide bonds.